The SMILES string of the molecule is Cc1cc(C(F)(F)F)c(C#N)c(SCc2nccn2C)n1. The predicted octanol–water partition coefficient (Wildman–Crippen LogP) is 3.31. The summed E-state index contributed by atoms with van der Waals surface area (Å²) in [6.45, 7) is 1.47. The number of hydrogen-bond donors (Lipinski definition) is 0. The lowest BCUT2D eigenvalue weighted by Gasteiger charge is -2.12. The van der Waals surface area contributed by atoms with E-state index in [2.05, 4.69) is 9.97 Å². The van der Waals surface area contributed by atoms with Gasteiger partial charge in [-0.1, -0.05) is 11.8 Å². The van der Waals surface area contributed by atoms with Gasteiger partial charge < -0.3 is 4.57 Å². The van der Waals surface area contributed by atoms with Crippen molar-refractivity contribution >= 4 is 11.8 Å². The summed E-state index contributed by atoms with van der Waals surface area (Å²) in [6, 6.07) is 2.50. The molecule has 2 aromatic heterocycles. The van der Waals surface area contributed by atoms with Crippen LogP contribution in [-0.4, -0.2) is 14.5 Å². The van der Waals surface area contributed by atoms with E-state index in [0.29, 0.717) is 11.6 Å². The number of nitrogens with zero attached hydrogens (tertiary/aromatic N) is 4. The Bertz CT molecular complexity index is 700. The average molecular weight is 312 g/mol. The highest BCUT2D eigenvalue weighted by Crippen LogP contribution is 2.36. The van der Waals surface area contributed by atoms with Gasteiger partial charge in [-0.05, 0) is 13.0 Å². The van der Waals surface area contributed by atoms with Crippen molar-refractivity contribution in [3.8, 4) is 6.07 Å². The highest BCUT2D eigenvalue weighted by molar-refractivity contribution is 7.98. The Morgan fingerprint density at radius 1 is 1.43 bits per heavy atom. The van der Waals surface area contributed by atoms with E-state index in [4.69, 9.17) is 5.26 Å². The molecule has 21 heavy (non-hydrogen) atoms. The summed E-state index contributed by atoms with van der Waals surface area (Å²) in [6.07, 6.45) is -1.23. The number of hydrogen-bond acceptors (Lipinski definition) is 4. The van der Waals surface area contributed by atoms with Gasteiger partial charge in [-0.25, -0.2) is 9.97 Å². The van der Waals surface area contributed by atoms with E-state index in [9.17, 15) is 13.2 Å². The number of thioether (sulfide) groups is 1. The Labute approximate surface area is 123 Å². The summed E-state index contributed by atoms with van der Waals surface area (Å²) in [7, 11) is 1.79. The lowest BCUT2D eigenvalue weighted by atomic mass is 10.1. The van der Waals surface area contributed by atoms with Crippen LogP contribution in [0.5, 0.6) is 0 Å². The topological polar surface area (TPSA) is 54.5 Å². The van der Waals surface area contributed by atoms with Gasteiger partial charge in [-0.2, -0.15) is 18.4 Å². The Hall–Kier alpha value is -2.01. The molecule has 0 radical (unpaired) electrons. The highest BCUT2D eigenvalue weighted by Gasteiger charge is 2.35. The van der Waals surface area contributed by atoms with Crippen LogP contribution in [0.1, 0.15) is 22.6 Å². The molecule has 0 amide bonds. The number of imidazole rings is 1. The first-order valence-corrected chi connectivity index (χ1v) is 6.89. The molecule has 4 nitrogen and oxygen atoms in total. The molecule has 0 unspecified atom stereocenters. The molecular formula is C13H11F3N4S. The molecule has 110 valence electrons. The molecule has 0 fully saturated rings. The maximum atomic E-state index is 13.0. The molecule has 0 N–H and O–H groups in total. The molecule has 0 aliphatic rings. The van der Waals surface area contributed by atoms with Gasteiger partial charge in [-0.3, -0.25) is 0 Å². The van der Waals surface area contributed by atoms with Crippen molar-refractivity contribution in [2.24, 2.45) is 7.05 Å². The normalized spacial score (nSPS) is 11.4. The van der Waals surface area contributed by atoms with Crippen molar-refractivity contribution in [1.29, 1.82) is 5.26 Å². The van der Waals surface area contributed by atoms with Gasteiger partial charge in [0.15, 0.2) is 0 Å². The lowest BCUT2D eigenvalue weighted by Crippen LogP contribution is -2.10. The van der Waals surface area contributed by atoms with Crippen LogP contribution < -0.4 is 0 Å². The second-order valence-corrected chi connectivity index (χ2v) is 5.31. The fourth-order valence-electron chi connectivity index (χ4n) is 1.75. The Morgan fingerprint density at radius 3 is 2.67 bits per heavy atom. The van der Waals surface area contributed by atoms with E-state index < -0.39 is 17.3 Å². The van der Waals surface area contributed by atoms with E-state index in [1.54, 1.807) is 30.1 Å². The van der Waals surface area contributed by atoms with Crippen molar-refractivity contribution in [3.63, 3.8) is 0 Å². The first-order valence-electron chi connectivity index (χ1n) is 5.91. The summed E-state index contributed by atoms with van der Waals surface area (Å²) in [4.78, 5) is 8.14. The van der Waals surface area contributed by atoms with Gasteiger partial charge >= 0.3 is 6.18 Å². The van der Waals surface area contributed by atoms with Gasteiger partial charge in [0.1, 0.15) is 16.9 Å². The second kappa shape index (κ2) is 5.77. The number of pyridine rings is 1. The van der Waals surface area contributed by atoms with Crippen LogP contribution in [0.25, 0.3) is 0 Å². The zero-order valence-corrected chi connectivity index (χ0v) is 12.1. The number of aryl methyl sites for hydroxylation is 2. The van der Waals surface area contributed by atoms with Gasteiger partial charge in [0.05, 0.1) is 16.9 Å². The second-order valence-electron chi connectivity index (χ2n) is 4.34. The molecule has 2 aromatic rings. The summed E-state index contributed by atoms with van der Waals surface area (Å²) < 4.78 is 40.7. The minimum Gasteiger partial charge on any atom is -0.337 e. The predicted molar refractivity (Wildman–Crippen MR) is 71.5 cm³/mol. The largest absolute Gasteiger partial charge is 0.417 e. The minimum absolute atomic E-state index is 0.0767. The Morgan fingerprint density at radius 2 is 2.14 bits per heavy atom. The maximum Gasteiger partial charge on any atom is 0.417 e. The number of nitriles is 1. The smallest absolute Gasteiger partial charge is 0.337 e. The third kappa shape index (κ3) is 3.36. The van der Waals surface area contributed by atoms with Crippen LogP contribution in [0.4, 0.5) is 13.2 Å². The highest BCUT2D eigenvalue weighted by atomic mass is 32.2. The van der Waals surface area contributed by atoms with Crippen LogP contribution in [0.2, 0.25) is 0 Å². The summed E-state index contributed by atoms with van der Waals surface area (Å²) in [5.41, 5.74) is -1.16. The number of rotatable bonds is 3. The molecule has 2 heterocycles. The molecule has 0 atom stereocenters. The molecule has 0 aliphatic heterocycles. The molecule has 0 saturated carbocycles. The minimum atomic E-state index is -4.57. The Kier molecular flexibility index (Phi) is 4.23. The van der Waals surface area contributed by atoms with Crippen LogP contribution >= 0.6 is 11.8 Å². The molecule has 0 saturated heterocycles. The fourth-order valence-corrected chi connectivity index (χ4v) is 2.80. The first kappa shape index (κ1) is 15.4. The maximum absolute atomic E-state index is 13.0. The molecule has 0 spiro atoms. The van der Waals surface area contributed by atoms with Crippen LogP contribution in [0, 0.1) is 18.3 Å². The molecule has 2 rings (SSSR count). The van der Waals surface area contributed by atoms with Crippen molar-refractivity contribution < 1.29 is 13.2 Å². The third-order valence-corrected chi connectivity index (χ3v) is 3.76. The van der Waals surface area contributed by atoms with Crippen LogP contribution in [-0.2, 0) is 19.0 Å². The molecule has 0 bridgehead atoms. The first-order chi connectivity index (χ1) is 9.82. The molecule has 8 heteroatoms. The molecule has 0 aromatic carbocycles. The molecule has 0 aliphatic carbocycles. The number of alkyl halides is 3. The Balaban J connectivity index is 2.37. The van der Waals surface area contributed by atoms with Gasteiger partial charge in [0.25, 0.3) is 0 Å². The van der Waals surface area contributed by atoms with E-state index in [0.717, 1.165) is 17.8 Å². The molecular weight excluding hydrogens is 301 g/mol. The van der Waals surface area contributed by atoms with Gasteiger partial charge in [0.2, 0.25) is 0 Å². The van der Waals surface area contributed by atoms with Crippen molar-refractivity contribution in [3.05, 3.63) is 41.1 Å². The average Bonchev–Trinajstić information content (AvgIpc) is 2.80. The zero-order chi connectivity index (χ0) is 15.6. The van der Waals surface area contributed by atoms with Crippen LogP contribution in [0.15, 0.2) is 23.5 Å². The van der Waals surface area contributed by atoms with Crippen molar-refractivity contribution in [2.75, 3.05) is 0 Å². The lowest BCUT2D eigenvalue weighted by molar-refractivity contribution is -0.138. The number of aromatic nitrogens is 3. The number of halogens is 3. The van der Waals surface area contributed by atoms with E-state index in [-0.39, 0.29) is 10.7 Å². The van der Waals surface area contributed by atoms with E-state index in [1.165, 1.54) is 6.92 Å². The van der Waals surface area contributed by atoms with Crippen molar-refractivity contribution in [2.45, 2.75) is 23.9 Å². The van der Waals surface area contributed by atoms with E-state index in [1.807, 2.05) is 0 Å². The van der Waals surface area contributed by atoms with Crippen LogP contribution in [0.3, 0.4) is 0 Å². The van der Waals surface area contributed by atoms with Gasteiger partial charge in [-0.15, -0.1) is 0 Å². The van der Waals surface area contributed by atoms with E-state index >= 15 is 0 Å². The fraction of sp³-hybridized carbons (Fsp3) is 0.308. The monoisotopic (exact) mass is 312 g/mol. The summed E-state index contributed by atoms with van der Waals surface area (Å²) in [5.74, 6) is 1.03. The quantitative estimate of drug-likeness (QED) is 0.816. The zero-order valence-electron chi connectivity index (χ0n) is 11.3. The summed E-state index contributed by atoms with van der Waals surface area (Å²) >= 11 is 1.07. The van der Waals surface area contributed by atoms with Gasteiger partial charge in [0, 0.05) is 25.1 Å². The standard InChI is InChI=1S/C13H11F3N4S/c1-8-5-10(13(14,15)16)9(6-17)12(19-8)21-7-11-18-3-4-20(11)2/h3-5H,7H2,1-2H3. The van der Waals surface area contributed by atoms with Crippen molar-refractivity contribution in [1.82, 2.24) is 14.5 Å². The third-order valence-electron chi connectivity index (χ3n) is 2.79. The summed E-state index contributed by atoms with van der Waals surface area (Å²) in [5, 5.41) is 9.12.